The first-order chi connectivity index (χ1) is 40.7. The number of aryl methyl sites for hydroxylation is 2. The molecule has 0 saturated carbocycles. The molecule has 0 aliphatic carbocycles. The van der Waals surface area contributed by atoms with Crippen LogP contribution in [0.5, 0.6) is 0 Å². The van der Waals surface area contributed by atoms with Gasteiger partial charge in [0.2, 0.25) is 0 Å². The van der Waals surface area contributed by atoms with Gasteiger partial charge in [0, 0.05) is 22.7 Å². The van der Waals surface area contributed by atoms with Crippen LogP contribution >= 0.6 is 0 Å². The number of hydrogen-bond donors (Lipinski definition) is 0. The van der Waals surface area contributed by atoms with E-state index in [1.165, 1.54) is 409 Å². The monoisotopic (exact) mass is 1190 g/mol. The number of unbranched alkanes of at least 4 members (excludes halogenated alkanes) is 57. The van der Waals surface area contributed by atoms with Crippen LogP contribution in [0.2, 0.25) is 0 Å². The SMILES string of the molecule is CCCCCCCCCCCCCCCCCCCCCCCCCCCCCc1ccc(N=CC(CCCCCCCC)=Nc2ccc(CCCCCCCCCCCCCCCCCCCCCCCCCCCCC)cc2)cc1.[Ni]. The molecule has 0 bridgehead atoms. The summed E-state index contributed by atoms with van der Waals surface area (Å²) in [6.45, 7) is 6.93. The quantitative estimate of drug-likeness (QED) is 0.0358. The molecule has 2 nitrogen and oxygen atoms in total. The average Bonchev–Trinajstić information content (AvgIpc) is 3.54. The molecule has 0 saturated heterocycles. The zero-order valence-corrected chi connectivity index (χ0v) is 57.4. The van der Waals surface area contributed by atoms with Crippen LogP contribution in [0.1, 0.15) is 424 Å². The second-order valence-electron chi connectivity index (χ2n) is 26.6. The molecule has 0 aliphatic heterocycles. The Morgan fingerprint density at radius 3 is 0.663 bits per heavy atom. The molecule has 0 atom stereocenters. The zero-order valence-electron chi connectivity index (χ0n) is 56.5. The Morgan fingerprint density at radius 2 is 0.434 bits per heavy atom. The first kappa shape index (κ1) is 79.3. The molecule has 2 rings (SSSR count). The smallest absolute Gasteiger partial charge is 0.0633 e. The molecule has 484 valence electrons. The van der Waals surface area contributed by atoms with Crippen LogP contribution in [0.4, 0.5) is 11.4 Å². The summed E-state index contributed by atoms with van der Waals surface area (Å²) in [5.74, 6) is 0. The van der Waals surface area contributed by atoms with Crippen molar-refractivity contribution in [2.24, 2.45) is 9.98 Å². The van der Waals surface area contributed by atoms with Gasteiger partial charge < -0.3 is 0 Å². The van der Waals surface area contributed by atoms with Gasteiger partial charge in [-0.2, -0.15) is 0 Å². The second kappa shape index (κ2) is 66.2. The molecule has 0 heterocycles. The Hall–Kier alpha value is -1.73. The molecule has 0 fully saturated rings. The number of nitrogens with zero attached hydrogens (tertiary/aromatic N) is 2. The predicted octanol–water partition coefficient (Wildman–Crippen LogP) is 29.1. The van der Waals surface area contributed by atoms with Crippen molar-refractivity contribution in [1.82, 2.24) is 0 Å². The molecule has 83 heavy (non-hydrogen) atoms. The fourth-order valence-electron chi connectivity index (χ4n) is 12.7. The van der Waals surface area contributed by atoms with E-state index < -0.39 is 0 Å². The van der Waals surface area contributed by atoms with Crippen LogP contribution in [0.3, 0.4) is 0 Å². The normalized spacial score (nSPS) is 11.9. The van der Waals surface area contributed by atoms with Gasteiger partial charge >= 0.3 is 0 Å². The van der Waals surface area contributed by atoms with Crippen LogP contribution in [-0.2, 0) is 29.3 Å². The van der Waals surface area contributed by atoms with Gasteiger partial charge in [-0.15, -0.1) is 0 Å². The Kier molecular flexibility index (Phi) is 63.3. The van der Waals surface area contributed by atoms with E-state index in [4.69, 9.17) is 9.98 Å². The molecule has 2 aromatic carbocycles. The molecule has 0 amide bonds. The standard InChI is InChI=1S/C80H144N2.Ni/c1-4-7-10-13-16-18-20-22-24-26-28-30-32-34-36-38-40-42-44-46-48-50-52-54-56-58-61-64-76-67-71-78(72-68-76)81-75-80(66-63-60-15-12-9-6-3)82-79-73-69-77(70-74-79)65-62-59-57-55-53-51-49-47-45-43-41-39-37-35-33-31-29-27-25-23-21-19-17-14-11-8-5-2;/h67-75H,4-66H2,1-3H3;. The van der Waals surface area contributed by atoms with Crippen molar-refractivity contribution in [3.63, 3.8) is 0 Å². The molecule has 0 N–H and O–H groups in total. The Labute approximate surface area is 531 Å². The van der Waals surface area contributed by atoms with E-state index in [-0.39, 0.29) is 16.5 Å². The van der Waals surface area contributed by atoms with Crippen molar-refractivity contribution in [3.8, 4) is 0 Å². The molecule has 0 aliphatic rings. The van der Waals surface area contributed by atoms with Crippen molar-refractivity contribution < 1.29 is 16.5 Å². The van der Waals surface area contributed by atoms with E-state index >= 15 is 0 Å². The topological polar surface area (TPSA) is 24.7 Å². The minimum Gasteiger partial charge on any atom is -0.255 e. The van der Waals surface area contributed by atoms with Crippen LogP contribution in [0.15, 0.2) is 58.5 Å². The molecule has 0 radical (unpaired) electrons. The molecule has 2 aromatic rings. The second-order valence-corrected chi connectivity index (χ2v) is 26.6. The van der Waals surface area contributed by atoms with Crippen molar-refractivity contribution >= 4 is 23.3 Å². The summed E-state index contributed by atoms with van der Waals surface area (Å²) in [5.41, 5.74) is 6.12. The van der Waals surface area contributed by atoms with Crippen molar-refractivity contribution in [2.75, 3.05) is 0 Å². The summed E-state index contributed by atoms with van der Waals surface area (Å²) in [6.07, 6.45) is 91.5. The minimum absolute atomic E-state index is 0. The number of benzene rings is 2. The van der Waals surface area contributed by atoms with Crippen LogP contribution in [0, 0.1) is 0 Å². The van der Waals surface area contributed by atoms with E-state index in [0.29, 0.717) is 0 Å². The van der Waals surface area contributed by atoms with Gasteiger partial charge in [-0.1, -0.05) is 411 Å². The van der Waals surface area contributed by atoms with Crippen molar-refractivity contribution in [2.45, 2.75) is 425 Å². The van der Waals surface area contributed by atoms with E-state index in [1.807, 2.05) is 0 Å². The van der Waals surface area contributed by atoms with Crippen LogP contribution in [-0.4, -0.2) is 11.9 Å². The van der Waals surface area contributed by atoms with Gasteiger partial charge in [0.1, 0.15) is 0 Å². The maximum absolute atomic E-state index is 5.16. The Morgan fingerprint density at radius 1 is 0.241 bits per heavy atom. The Bertz CT molecular complexity index is 1590. The molecule has 3 heteroatoms. The van der Waals surface area contributed by atoms with Crippen LogP contribution in [0.25, 0.3) is 0 Å². The third-order valence-electron chi connectivity index (χ3n) is 18.4. The number of rotatable bonds is 66. The fourth-order valence-corrected chi connectivity index (χ4v) is 12.7. The van der Waals surface area contributed by atoms with Crippen molar-refractivity contribution in [1.29, 1.82) is 0 Å². The van der Waals surface area contributed by atoms with Gasteiger partial charge in [0.25, 0.3) is 0 Å². The van der Waals surface area contributed by atoms with E-state index in [9.17, 15) is 0 Å². The number of aliphatic imine (C=N–C) groups is 2. The first-order valence-corrected chi connectivity index (χ1v) is 38.0. The summed E-state index contributed by atoms with van der Waals surface area (Å²) in [4.78, 5) is 10.1. The summed E-state index contributed by atoms with van der Waals surface area (Å²) >= 11 is 0. The van der Waals surface area contributed by atoms with E-state index in [2.05, 4.69) is 75.5 Å². The summed E-state index contributed by atoms with van der Waals surface area (Å²) in [7, 11) is 0. The largest absolute Gasteiger partial charge is 0.255 e. The van der Waals surface area contributed by atoms with Gasteiger partial charge in [0.15, 0.2) is 0 Å². The molecule has 0 unspecified atom stereocenters. The Balaban J connectivity index is 0.0000344. The van der Waals surface area contributed by atoms with Crippen LogP contribution < -0.4 is 0 Å². The van der Waals surface area contributed by atoms with E-state index in [0.717, 1.165) is 23.5 Å². The fraction of sp³-hybridized carbons (Fsp3) is 0.825. The van der Waals surface area contributed by atoms with E-state index in [1.54, 1.807) is 0 Å². The van der Waals surface area contributed by atoms with Gasteiger partial charge in [0.05, 0.1) is 17.1 Å². The minimum atomic E-state index is 0. The third kappa shape index (κ3) is 56.5. The van der Waals surface area contributed by atoms with Gasteiger partial charge in [-0.05, 0) is 73.9 Å². The summed E-state index contributed by atoms with van der Waals surface area (Å²) in [5, 5.41) is 0. The van der Waals surface area contributed by atoms with Gasteiger partial charge in [-0.3, -0.25) is 9.98 Å². The predicted molar refractivity (Wildman–Crippen MR) is 374 cm³/mol. The molecule has 0 spiro atoms. The zero-order chi connectivity index (χ0) is 58.2. The van der Waals surface area contributed by atoms with Crippen molar-refractivity contribution in [3.05, 3.63) is 59.7 Å². The summed E-state index contributed by atoms with van der Waals surface area (Å²) < 4.78 is 0. The van der Waals surface area contributed by atoms with Gasteiger partial charge in [-0.25, -0.2) is 0 Å². The maximum Gasteiger partial charge on any atom is 0.0633 e. The summed E-state index contributed by atoms with van der Waals surface area (Å²) in [6, 6.07) is 18.2. The average molecular weight is 1190 g/mol. The maximum atomic E-state index is 5.16. The molecular weight excluding hydrogens is 1050 g/mol. The molecular formula is C80H144N2Ni. The molecule has 0 aromatic heterocycles. The first-order valence-electron chi connectivity index (χ1n) is 38.0. The third-order valence-corrected chi connectivity index (χ3v) is 18.4. The number of hydrogen-bond acceptors (Lipinski definition) is 2.